The molecule has 7 heteroatoms. The summed E-state index contributed by atoms with van der Waals surface area (Å²) in [5.41, 5.74) is 3.00. The highest BCUT2D eigenvalue weighted by atomic mass is 79.9. The molecule has 0 saturated carbocycles. The van der Waals surface area contributed by atoms with E-state index in [1.165, 1.54) is 16.2 Å². The number of nitrogens with one attached hydrogen (secondary N) is 2. The summed E-state index contributed by atoms with van der Waals surface area (Å²) in [4.78, 5) is 27.6. The Hall–Kier alpha value is -2.15. The standard InChI is InChI=1S/C26H26BrClN2O2S/c1-26(2,3)16-10-13-18-21(14-16)33-25(30-23(31)15-8-11-17(28)12-9-15)22(18)24(32)29-20-7-5-4-6-19(20)27/h4-9,11-12,16H,10,13-14H2,1-3H3,(H,29,32)(H,30,31). The molecule has 0 aliphatic heterocycles. The van der Waals surface area contributed by atoms with Gasteiger partial charge < -0.3 is 10.6 Å². The van der Waals surface area contributed by atoms with Crippen LogP contribution in [0.2, 0.25) is 5.02 Å². The summed E-state index contributed by atoms with van der Waals surface area (Å²) in [5.74, 6) is 0.0650. The Bertz CT molecular complexity index is 1200. The van der Waals surface area contributed by atoms with Gasteiger partial charge in [0.15, 0.2) is 0 Å². The van der Waals surface area contributed by atoms with E-state index in [0.717, 1.165) is 29.3 Å². The molecular formula is C26H26BrClN2O2S. The van der Waals surface area contributed by atoms with Crippen LogP contribution in [0.5, 0.6) is 0 Å². The first-order valence-corrected chi connectivity index (χ1v) is 12.9. The number of fused-ring (bicyclic) bond motifs is 1. The Morgan fingerprint density at radius 2 is 1.73 bits per heavy atom. The van der Waals surface area contributed by atoms with Gasteiger partial charge >= 0.3 is 0 Å². The van der Waals surface area contributed by atoms with Crippen molar-refractivity contribution >= 4 is 61.4 Å². The maximum Gasteiger partial charge on any atom is 0.258 e. The maximum absolute atomic E-state index is 13.5. The summed E-state index contributed by atoms with van der Waals surface area (Å²) in [6.07, 6.45) is 2.76. The number of hydrogen-bond donors (Lipinski definition) is 2. The highest BCUT2D eigenvalue weighted by molar-refractivity contribution is 9.10. The molecule has 0 bridgehead atoms. The minimum absolute atomic E-state index is 0.186. The molecule has 4 nitrogen and oxygen atoms in total. The molecule has 1 heterocycles. The number of halogens is 2. The second-order valence-corrected chi connectivity index (χ2v) is 11.8. The number of thiophene rings is 1. The number of carbonyl (C=O) groups excluding carboxylic acids is 2. The normalized spacial score (nSPS) is 15.6. The molecule has 1 aliphatic carbocycles. The average molecular weight is 546 g/mol. The van der Waals surface area contributed by atoms with Gasteiger partial charge in [0.1, 0.15) is 5.00 Å². The van der Waals surface area contributed by atoms with Gasteiger partial charge in [-0.1, -0.05) is 44.5 Å². The van der Waals surface area contributed by atoms with Crippen molar-refractivity contribution < 1.29 is 9.59 Å². The van der Waals surface area contributed by atoms with Crippen molar-refractivity contribution in [1.29, 1.82) is 0 Å². The Balaban J connectivity index is 1.69. The number of anilines is 2. The lowest BCUT2D eigenvalue weighted by Crippen LogP contribution is -2.27. The molecule has 1 aromatic heterocycles. The van der Waals surface area contributed by atoms with E-state index in [1.54, 1.807) is 24.3 Å². The lowest BCUT2D eigenvalue weighted by molar-refractivity contribution is 0.102. The van der Waals surface area contributed by atoms with Crippen LogP contribution in [0.3, 0.4) is 0 Å². The molecule has 2 amide bonds. The lowest BCUT2D eigenvalue weighted by Gasteiger charge is -2.33. The van der Waals surface area contributed by atoms with Gasteiger partial charge in [0.25, 0.3) is 11.8 Å². The van der Waals surface area contributed by atoms with Crippen LogP contribution in [0.25, 0.3) is 0 Å². The highest BCUT2D eigenvalue weighted by Gasteiger charge is 2.34. The van der Waals surface area contributed by atoms with Gasteiger partial charge in [-0.3, -0.25) is 9.59 Å². The van der Waals surface area contributed by atoms with Gasteiger partial charge in [-0.25, -0.2) is 0 Å². The van der Waals surface area contributed by atoms with E-state index in [-0.39, 0.29) is 17.2 Å². The summed E-state index contributed by atoms with van der Waals surface area (Å²) in [5, 5.41) is 7.19. The number of hydrogen-bond acceptors (Lipinski definition) is 3. The molecule has 0 fully saturated rings. The molecule has 2 N–H and O–H groups in total. The fourth-order valence-corrected chi connectivity index (χ4v) is 6.01. The molecule has 3 aromatic rings. The van der Waals surface area contributed by atoms with Crippen molar-refractivity contribution in [3.8, 4) is 0 Å². The third-order valence-electron chi connectivity index (χ3n) is 6.17. The molecule has 1 unspecified atom stereocenters. The third-order valence-corrected chi connectivity index (χ3v) is 8.29. The van der Waals surface area contributed by atoms with Gasteiger partial charge in [-0.15, -0.1) is 11.3 Å². The third kappa shape index (κ3) is 5.34. The Kier molecular flexibility index (Phi) is 6.99. The van der Waals surface area contributed by atoms with Crippen molar-refractivity contribution in [3.05, 3.63) is 79.6 Å². The molecule has 2 aromatic carbocycles. The number of benzene rings is 2. The smallest absolute Gasteiger partial charge is 0.258 e. The van der Waals surface area contributed by atoms with Crippen molar-refractivity contribution in [2.75, 3.05) is 10.6 Å². The number of rotatable bonds is 4. The summed E-state index contributed by atoms with van der Waals surface area (Å²) >= 11 is 11.0. The number of carbonyl (C=O) groups is 2. The van der Waals surface area contributed by atoms with E-state index in [4.69, 9.17) is 11.6 Å². The maximum atomic E-state index is 13.5. The SMILES string of the molecule is CC(C)(C)C1CCc2c(sc(NC(=O)c3ccc(Cl)cc3)c2C(=O)Nc2ccccc2Br)C1. The fraction of sp³-hybridized carbons (Fsp3) is 0.308. The molecule has 33 heavy (non-hydrogen) atoms. The lowest BCUT2D eigenvalue weighted by atomic mass is 9.72. The highest BCUT2D eigenvalue weighted by Crippen LogP contribution is 2.44. The second kappa shape index (κ2) is 9.61. The Morgan fingerprint density at radius 3 is 2.39 bits per heavy atom. The summed E-state index contributed by atoms with van der Waals surface area (Å²) in [7, 11) is 0. The first-order chi connectivity index (χ1) is 15.6. The zero-order valence-electron chi connectivity index (χ0n) is 18.8. The van der Waals surface area contributed by atoms with Gasteiger partial charge in [0, 0.05) is 19.9 Å². The van der Waals surface area contributed by atoms with Crippen molar-refractivity contribution in [2.24, 2.45) is 11.3 Å². The van der Waals surface area contributed by atoms with Crippen LogP contribution in [0.15, 0.2) is 53.0 Å². The molecular weight excluding hydrogens is 520 g/mol. The minimum Gasteiger partial charge on any atom is -0.321 e. The molecule has 1 aliphatic rings. The van der Waals surface area contributed by atoms with E-state index in [0.29, 0.717) is 32.8 Å². The van der Waals surface area contributed by atoms with Crippen LogP contribution in [0.4, 0.5) is 10.7 Å². The van der Waals surface area contributed by atoms with Gasteiger partial charge in [0.05, 0.1) is 11.3 Å². The van der Waals surface area contributed by atoms with Crippen LogP contribution in [-0.4, -0.2) is 11.8 Å². The van der Waals surface area contributed by atoms with Crippen LogP contribution in [-0.2, 0) is 12.8 Å². The van der Waals surface area contributed by atoms with Crippen LogP contribution < -0.4 is 10.6 Å². The summed E-state index contributed by atoms with van der Waals surface area (Å²) in [6.45, 7) is 6.79. The van der Waals surface area contributed by atoms with Crippen LogP contribution >= 0.6 is 38.9 Å². The zero-order chi connectivity index (χ0) is 23.8. The average Bonchev–Trinajstić information content (AvgIpc) is 3.12. The van der Waals surface area contributed by atoms with E-state index in [1.807, 2.05) is 24.3 Å². The van der Waals surface area contributed by atoms with E-state index in [2.05, 4.69) is 47.3 Å². The topological polar surface area (TPSA) is 58.2 Å². The number of amides is 2. The molecule has 0 saturated heterocycles. The Morgan fingerprint density at radius 1 is 1.03 bits per heavy atom. The predicted molar refractivity (Wildman–Crippen MR) is 141 cm³/mol. The molecule has 1 atom stereocenters. The van der Waals surface area contributed by atoms with E-state index in [9.17, 15) is 9.59 Å². The van der Waals surface area contributed by atoms with E-state index < -0.39 is 0 Å². The fourth-order valence-electron chi connectivity index (χ4n) is 4.18. The molecule has 172 valence electrons. The van der Waals surface area contributed by atoms with Crippen molar-refractivity contribution in [2.45, 2.75) is 40.0 Å². The number of para-hydroxylation sites is 1. The van der Waals surface area contributed by atoms with Crippen molar-refractivity contribution in [1.82, 2.24) is 0 Å². The predicted octanol–water partition coefficient (Wildman–Crippen LogP) is 7.82. The summed E-state index contributed by atoms with van der Waals surface area (Å²) in [6, 6.07) is 14.2. The first kappa shape index (κ1) is 24.0. The minimum atomic E-state index is -0.257. The first-order valence-electron chi connectivity index (χ1n) is 10.9. The monoisotopic (exact) mass is 544 g/mol. The van der Waals surface area contributed by atoms with Gasteiger partial charge in [0.2, 0.25) is 0 Å². The summed E-state index contributed by atoms with van der Waals surface area (Å²) < 4.78 is 0.807. The quantitative estimate of drug-likeness (QED) is 0.351. The van der Waals surface area contributed by atoms with Crippen LogP contribution in [0.1, 0.15) is 58.3 Å². The largest absolute Gasteiger partial charge is 0.321 e. The zero-order valence-corrected chi connectivity index (χ0v) is 22.0. The molecule has 0 spiro atoms. The van der Waals surface area contributed by atoms with Gasteiger partial charge in [-0.05, 0) is 88.5 Å². The van der Waals surface area contributed by atoms with Gasteiger partial charge in [-0.2, -0.15) is 0 Å². The molecule has 4 rings (SSSR count). The van der Waals surface area contributed by atoms with Crippen molar-refractivity contribution in [3.63, 3.8) is 0 Å². The van der Waals surface area contributed by atoms with Crippen LogP contribution in [0, 0.1) is 11.3 Å². The second-order valence-electron chi connectivity index (χ2n) is 9.41. The molecule has 0 radical (unpaired) electrons. The Labute approximate surface area is 211 Å². The van der Waals surface area contributed by atoms with E-state index >= 15 is 0 Å².